The summed E-state index contributed by atoms with van der Waals surface area (Å²) >= 11 is 6.26. The second-order valence-electron chi connectivity index (χ2n) is 5.68. The predicted octanol–water partition coefficient (Wildman–Crippen LogP) is 4.86. The van der Waals surface area contributed by atoms with E-state index < -0.39 is 11.7 Å². The summed E-state index contributed by atoms with van der Waals surface area (Å²) in [5.74, 6) is -0.334. The van der Waals surface area contributed by atoms with Crippen molar-refractivity contribution < 1.29 is 18.3 Å². The van der Waals surface area contributed by atoms with Crippen molar-refractivity contribution >= 4 is 22.6 Å². The van der Waals surface area contributed by atoms with Gasteiger partial charge in [0.2, 0.25) is 5.88 Å². The van der Waals surface area contributed by atoms with Crippen LogP contribution in [-0.4, -0.2) is 24.9 Å². The molecule has 0 aliphatic heterocycles. The maximum absolute atomic E-state index is 12.9. The smallest absolute Gasteiger partial charge is 0.416 e. The van der Waals surface area contributed by atoms with Gasteiger partial charge in [-0.2, -0.15) is 23.3 Å². The molecular formula is C18H10ClF3N4O. The van der Waals surface area contributed by atoms with Gasteiger partial charge in [0.1, 0.15) is 17.5 Å². The first-order valence-electron chi connectivity index (χ1n) is 7.71. The van der Waals surface area contributed by atoms with E-state index >= 15 is 0 Å². The minimum Gasteiger partial charge on any atom is -0.492 e. The van der Waals surface area contributed by atoms with Gasteiger partial charge in [-0.25, -0.2) is 9.67 Å². The Hall–Kier alpha value is -3.13. The summed E-state index contributed by atoms with van der Waals surface area (Å²) in [4.78, 5) is 7.85. The van der Waals surface area contributed by atoms with Crippen molar-refractivity contribution in [2.24, 2.45) is 0 Å². The van der Waals surface area contributed by atoms with E-state index in [0.29, 0.717) is 27.5 Å². The third-order valence-corrected chi connectivity index (χ3v) is 4.32. The number of nitrogens with zero attached hydrogens (tertiary/aromatic N) is 4. The number of fused-ring (bicyclic) bond motifs is 1. The van der Waals surface area contributed by atoms with Crippen molar-refractivity contribution in [3.05, 3.63) is 65.4 Å². The average molecular weight is 391 g/mol. The Kier molecular flexibility index (Phi) is 4.00. The van der Waals surface area contributed by atoms with Gasteiger partial charge < -0.3 is 5.11 Å². The summed E-state index contributed by atoms with van der Waals surface area (Å²) in [6.07, 6.45) is -3.28. The fourth-order valence-corrected chi connectivity index (χ4v) is 2.97. The summed E-state index contributed by atoms with van der Waals surface area (Å²) in [7, 11) is 0. The quantitative estimate of drug-likeness (QED) is 0.531. The van der Waals surface area contributed by atoms with E-state index in [2.05, 4.69) is 15.1 Å². The third kappa shape index (κ3) is 2.97. The largest absolute Gasteiger partial charge is 0.492 e. The Balaban J connectivity index is 2.00. The number of hydrogen-bond donors (Lipinski definition) is 1. The van der Waals surface area contributed by atoms with E-state index in [1.54, 1.807) is 24.3 Å². The highest BCUT2D eigenvalue weighted by atomic mass is 35.5. The van der Waals surface area contributed by atoms with E-state index in [4.69, 9.17) is 11.6 Å². The summed E-state index contributed by atoms with van der Waals surface area (Å²) in [6.45, 7) is 0. The lowest BCUT2D eigenvalue weighted by Crippen LogP contribution is -2.05. The Morgan fingerprint density at radius 3 is 2.30 bits per heavy atom. The van der Waals surface area contributed by atoms with Crippen LogP contribution in [0.15, 0.2) is 54.9 Å². The topological polar surface area (TPSA) is 63.8 Å². The Labute approximate surface area is 155 Å². The van der Waals surface area contributed by atoms with Gasteiger partial charge in [-0.3, -0.25) is 0 Å². The first-order chi connectivity index (χ1) is 12.9. The molecule has 0 spiro atoms. The van der Waals surface area contributed by atoms with Crippen molar-refractivity contribution in [1.29, 1.82) is 0 Å². The molecule has 0 aliphatic rings. The zero-order chi connectivity index (χ0) is 19.2. The first kappa shape index (κ1) is 17.3. The number of hydrogen-bond acceptors (Lipinski definition) is 4. The summed E-state index contributed by atoms with van der Waals surface area (Å²) in [5, 5.41) is 14.7. The number of benzene rings is 2. The Morgan fingerprint density at radius 1 is 0.926 bits per heavy atom. The normalized spacial score (nSPS) is 11.9. The van der Waals surface area contributed by atoms with Crippen LogP contribution in [0.3, 0.4) is 0 Å². The third-order valence-electron chi connectivity index (χ3n) is 4.01. The van der Waals surface area contributed by atoms with Crippen LogP contribution in [0, 0.1) is 0 Å². The summed E-state index contributed by atoms with van der Waals surface area (Å²) in [5.41, 5.74) is 0.964. The van der Waals surface area contributed by atoms with E-state index in [1.165, 1.54) is 16.8 Å². The van der Waals surface area contributed by atoms with Crippen molar-refractivity contribution in [3.8, 4) is 22.8 Å². The van der Waals surface area contributed by atoms with Crippen LogP contribution >= 0.6 is 11.6 Å². The number of halogens is 4. The lowest BCUT2D eigenvalue weighted by Gasteiger charge is -2.11. The maximum atomic E-state index is 12.9. The number of aromatic nitrogens is 4. The standard InChI is InChI=1S/C18H10ClF3N4O/c19-12-3-1-2-4-13(12)26-16(14-15(25-26)17(27)24-9-23-14)10-5-7-11(8-6-10)18(20,21)22/h1-9H,(H,23,24,27). The molecule has 0 fully saturated rings. The van der Waals surface area contributed by atoms with Crippen LogP contribution in [0.1, 0.15) is 5.56 Å². The van der Waals surface area contributed by atoms with Gasteiger partial charge in [-0.05, 0) is 24.3 Å². The van der Waals surface area contributed by atoms with E-state index in [0.717, 1.165) is 18.5 Å². The lowest BCUT2D eigenvalue weighted by atomic mass is 10.1. The van der Waals surface area contributed by atoms with Crippen LogP contribution in [0.2, 0.25) is 5.02 Å². The number of para-hydroxylation sites is 1. The SMILES string of the molecule is Oc1ncnc2c(-c3ccc(C(F)(F)F)cc3)n(-c3ccccc3Cl)nc12. The van der Waals surface area contributed by atoms with Crippen molar-refractivity contribution in [1.82, 2.24) is 19.7 Å². The predicted molar refractivity (Wildman–Crippen MR) is 93.8 cm³/mol. The molecule has 2 aromatic heterocycles. The minimum atomic E-state index is -4.44. The molecule has 9 heteroatoms. The molecule has 136 valence electrons. The monoisotopic (exact) mass is 390 g/mol. The lowest BCUT2D eigenvalue weighted by molar-refractivity contribution is -0.137. The van der Waals surface area contributed by atoms with Crippen molar-refractivity contribution in [2.45, 2.75) is 6.18 Å². The molecule has 1 N–H and O–H groups in total. The van der Waals surface area contributed by atoms with Crippen LogP contribution in [0.5, 0.6) is 5.88 Å². The molecule has 0 radical (unpaired) electrons. The highest BCUT2D eigenvalue weighted by Crippen LogP contribution is 2.36. The zero-order valence-electron chi connectivity index (χ0n) is 13.4. The van der Waals surface area contributed by atoms with Crippen LogP contribution < -0.4 is 0 Å². The summed E-state index contributed by atoms with van der Waals surface area (Å²) in [6, 6.07) is 11.5. The first-order valence-corrected chi connectivity index (χ1v) is 8.09. The molecule has 0 aliphatic carbocycles. The molecular weight excluding hydrogens is 381 g/mol. The number of alkyl halides is 3. The second kappa shape index (κ2) is 6.24. The van der Waals surface area contributed by atoms with Crippen molar-refractivity contribution in [2.75, 3.05) is 0 Å². The average Bonchev–Trinajstić information content (AvgIpc) is 3.02. The fourth-order valence-electron chi connectivity index (χ4n) is 2.76. The molecule has 0 saturated carbocycles. The van der Waals surface area contributed by atoms with Crippen molar-refractivity contribution in [3.63, 3.8) is 0 Å². The molecule has 2 heterocycles. The molecule has 5 nitrogen and oxygen atoms in total. The molecule has 27 heavy (non-hydrogen) atoms. The number of aromatic hydroxyl groups is 1. The fraction of sp³-hybridized carbons (Fsp3) is 0.0556. The highest BCUT2D eigenvalue weighted by Gasteiger charge is 2.30. The molecule has 0 saturated heterocycles. The molecule has 2 aromatic carbocycles. The van der Waals surface area contributed by atoms with Crippen LogP contribution in [-0.2, 0) is 6.18 Å². The van der Waals surface area contributed by atoms with Gasteiger partial charge in [0, 0.05) is 5.56 Å². The molecule has 0 amide bonds. The number of rotatable bonds is 2. The molecule has 0 bridgehead atoms. The molecule has 0 atom stereocenters. The summed E-state index contributed by atoms with van der Waals surface area (Å²) < 4.78 is 40.1. The second-order valence-corrected chi connectivity index (χ2v) is 6.09. The zero-order valence-corrected chi connectivity index (χ0v) is 14.2. The van der Waals surface area contributed by atoms with Gasteiger partial charge in [-0.15, -0.1) is 0 Å². The minimum absolute atomic E-state index is 0.118. The molecule has 0 unspecified atom stereocenters. The van der Waals surface area contributed by atoms with Crippen LogP contribution in [0.4, 0.5) is 13.2 Å². The van der Waals surface area contributed by atoms with Gasteiger partial charge in [0.25, 0.3) is 0 Å². The van der Waals surface area contributed by atoms with E-state index in [-0.39, 0.29) is 11.4 Å². The van der Waals surface area contributed by atoms with Gasteiger partial charge in [-0.1, -0.05) is 35.9 Å². The van der Waals surface area contributed by atoms with E-state index in [9.17, 15) is 18.3 Å². The van der Waals surface area contributed by atoms with Gasteiger partial charge in [0.15, 0.2) is 5.52 Å². The van der Waals surface area contributed by atoms with E-state index in [1.807, 2.05) is 0 Å². The van der Waals surface area contributed by atoms with Gasteiger partial charge in [0.05, 0.1) is 16.3 Å². The highest BCUT2D eigenvalue weighted by molar-refractivity contribution is 6.32. The maximum Gasteiger partial charge on any atom is 0.416 e. The van der Waals surface area contributed by atoms with Crippen LogP contribution in [0.25, 0.3) is 28.0 Å². The molecule has 4 rings (SSSR count). The van der Waals surface area contributed by atoms with Gasteiger partial charge >= 0.3 is 6.18 Å². The molecule has 4 aromatic rings. The Morgan fingerprint density at radius 2 is 1.63 bits per heavy atom. The Bertz CT molecular complexity index is 1140.